The molecule has 3 aromatic rings. The second-order valence-corrected chi connectivity index (χ2v) is 5.40. The number of nitrogens with one attached hydrogen (secondary N) is 1. The van der Waals surface area contributed by atoms with E-state index >= 15 is 0 Å². The quantitative estimate of drug-likeness (QED) is 0.789. The Labute approximate surface area is 138 Å². The van der Waals surface area contributed by atoms with E-state index in [9.17, 15) is 4.79 Å². The molecule has 6 heteroatoms. The zero-order chi connectivity index (χ0) is 16.2. The van der Waals surface area contributed by atoms with Crippen LogP contribution in [0.3, 0.4) is 0 Å². The molecule has 0 saturated carbocycles. The maximum atomic E-state index is 12.1. The van der Waals surface area contributed by atoms with Gasteiger partial charge >= 0.3 is 0 Å². The molecule has 1 amide bonds. The van der Waals surface area contributed by atoms with Crippen LogP contribution in [0.2, 0.25) is 5.02 Å². The van der Waals surface area contributed by atoms with E-state index in [2.05, 4.69) is 15.5 Å². The summed E-state index contributed by atoms with van der Waals surface area (Å²) in [6, 6.07) is 15.8. The maximum absolute atomic E-state index is 12.1. The van der Waals surface area contributed by atoms with Crippen LogP contribution >= 0.6 is 11.6 Å². The number of hydrogen-bond acceptors (Lipinski definition) is 4. The summed E-state index contributed by atoms with van der Waals surface area (Å²) in [5.41, 5.74) is 1.26. The molecule has 3 rings (SSSR count). The molecule has 1 atom stereocenters. The van der Waals surface area contributed by atoms with E-state index in [1.165, 1.54) is 0 Å². The molecule has 1 heterocycles. The molecular formula is C17H14ClN3O2. The van der Waals surface area contributed by atoms with Gasteiger partial charge in [-0.3, -0.25) is 4.79 Å². The van der Waals surface area contributed by atoms with Crippen molar-refractivity contribution in [3.8, 4) is 11.4 Å². The number of aromatic nitrogens is 2. The third-order valence-corrected chi connectivity index (χ3v) is 3.64. The van der Waals surface area contributed by atoms with Crippen LogP contribution < -0.4 is 5.32 Å². The first-order valence-corrected chi connectivity index (χ1v) is 7.47. The minimum atomic E-state index is -0.411. The number of benzene rings is 2. The SMILES string of the molecule is C[C@@H](NC(=O)c1ccccc1)c1nc(-c2ccccc2Cl)no1. The van der Waals surface area contributed by atoms with Crippen LogP contribution in [0.4, 0.5) is 0 Å². The van der Waals surface area contributed by atoms with Crippen LogP contribution in [0.1, 0.15) is 29.2 Å². The van der Waals surface area contributed by atoms with E-state index in [0.29, 0.717) is 27.9 Å². The van der Waals surface area contributed by atoms with Gasteiger partial charge in [0.25, 0.3) is 5.91 Å². The van der Waals surface area contributed by atoms with Crippen LogP contribution in [0, 0.1) is 0 Å². The minimum absolute atomic E-state index is 0.199. The Kier molecular flexibility index (Phi) is 4.39. The van der Waals surface area contributed by atoms with Gasteiger partial charge in [-0.05, 0) is 31.2 Å². The van der Waals surface area contributed by atoms with Gasteiger partial charge in [0.1, 0.15) is 6.04 Å². The lowest BCUT2D eigenvalue weighted by Crippen LogP contribution is -2.26. The van der Waals surface area contributed by atoms with E-state index in [0.717, 1.165) is 0 Å². The third-order valence-electron chi connectivity index (χ3n) is 3.31. The molecule has 0 aliphatic carbocycles. The van der Waals surface area contributed by atoms with Crippen molar-refractivity contribution in [1.29, 1.82) is 0 Å². The van der Waals surface area contributed by atoms with Gasteiger partial charge in [-0.15, -0.1) is 0 Å². The number of carbonyl (C=O) groups excluding carboxylic acids is 1. The Bertz CT molecular complexity index is 817. The van der Waals surface area contributed by atoms with Gasteiger partial charge in [0.15, 0.2) is 0 Å². The number of rotatable bonds is 4. The van der Waals surface area contributed by atoms with Gasteiger partial charge in [-0.1, -0.05) is 47.1 Å². The van der Waals surface area contributed by atoms with Crippen LogP contribution in [0.25, 0.3) is 11.4 Å². The molecular weight excluding hydrogens is 314 g/mol. The third kappa shape index (κ3) is 3.40. The molecule has 0 aliphatic heterocycles. The molecule has 2 aromatic carbocycles. The van der Waals surface area contributed by atoms with Gasteiger partial charge in [0.05, 0.1) is 5.02 Å². The van der Waals surface area contributed by atoms with Gasteiger partial charge in [-0.2, -0.15) is 4.98 Å². The molecule has 0 radical (unpaired) electrons. The highest BCUT2D eigenvalue weighted by molar-refractivity contribution is 6.33. The average molecular weight is 328 g/mol. The van der Waals surface area contributed by atoms with Crippen molar-refractivity contribution in [2.24, 2.45) is 0 Å². The summed E-state index contributed by atoms with van der Waals surface area (Å²) in [5, 5.41) is 7.29. The second-order valence-electron chi connectivity index (χ2n) is 5.00. The molecule has 1 N–H and O–H groups in total. The molecule has 5 nitrogen and oxygen atoms in total. The molecule has 0 bridgehead atoms. The van der Waals surface area contributed by atoms with Gasteiger partial charge in [0.2, 0.25) is 11.7 Å². The topological polar surface area (TPSA) is 68.0 Å². The molecule has 0 aliphatic rings. The van der Waals surface area contributed by atoms with Crippen molar-refractivity contribution in [2.75, 3.05) is 0 Å². The smallest absolute Gasteiger partial charge is 0.251 e. The van der Waals surface area contributed by atoms with E-state index in [4.69, 9.17) is 16.1 Å². The van der Waals surface area contributed by atoms with Crippen molar-refractivity contribution in [3.63, 3.8) is 0 Å². The molecule has 1 aromatic heterocycles. The Morgan fingerprint density at radius 1 is 1.13 bits per heavy atom. The van der Waals surface area contributed by atoms with Crippen molar-refractivity contribution in [3.05, 3.63) is 71.1 Å². The highest BCUT2D eigenvalue weighted by Crippen LogP contribution is 2.26. The van der Waals surface area contributed by atoms with Gasteiger partial charge < -0.3 is 9.84 Å². The van der Waals surface area contributed by atoms with E-state index in [-0.39, 0.29) is 5.91 Å². The summed E-state index contributed by atoms with van der Waals surface area (Å²) in [6.45, 7) is 1.78. The highest BCUT2D eigenvalue weighted by atomic mass is 35.5. The predicted molar refractivity (Wildman–Crippen MR) is 87.1 cm³/mol. The monoisotopic (exact) mass is 327 g/mol. The zero-order valence-electron chi connectivity index (χ0n) is 12.4. The first kappa shape index (κ1) is 15.2. The number of carbonyl (C=O) groups is 1. The Balaban J connectivity index is 1.75. The number of amides is 1. The summed E-state index contributed by atoms with van der Waals surface area (Å²) in [4.78, 5) is 16.4. The van der Waals surface area contributed by atoms with Crippen LogP contribution in [0.15, 0.2) is 59.1 Å². The number of halogens is 1. The fraction of sp³-hybridized carbons (Fsp3) is 0.118. The molecule has 0 fully saturated rings. The van der Waals surface area contributed by atoms with Gasteiger partial charge in [0, 0.05) is 11.1 Å². The maximum Gasteiger partial charge on any atom is 0.251 e. The Morgan fingerprint density at radius 2 is 1.83 bits per heavy atom. The lowest BCUT2D eigenvalue weighted by atomic mass is 10.2. The van der Waals surface area contributed by atoms with E-state index in [1.54, 1.807) is 25.1 Å². The van der Waals surface area contributed by atoms with Crippen molar-refractivity contribution >= 4 is 17.5 Å². The summed E-state index contributed by atoms with van der Waals surface area (Å²) in [7, 11) is 0. The first-order valence-electron chi connectivity index (χ1n) is 7.09. The fourth-order valence-electron chi connectivity index (χ4n) is 2.09. The highest BCUT2D eigenvalue weighted by Gasteiger charge is 2.18. The molecule has 0 saturated heterocycles. The summed E-state index contributed by atoms with van der Waals surface area (Å²) >= 11 is 6.12. The normalized spacial score (nSPS) is 11.9. The number of nitrogens with zero attached hydrogens (tertiary/aromatic N) is 2. The minimum Gasteiger partial charge on any atom is -0.341 e. The average Bonchev–Trinajstić information content (AvgIpc) is 3.06. The Morgan fingerprint density at radius 3 is 2.57 bits per heavy atom. The molecule has 23 heavy (non-hydrogen) atoms. The van der Waals surface area contributed by atoms with Crippen molar-refractivity contribution in [2.45, 2.75) is 13.0 Å². The summed E-state index contributed by atoms with van der Waals surface area (Å²) < 4.78 is 5.24. The largest absolute Gasteiger partial charge is 0.341 e. The predicted octanol–water partition coefficient (Wildman–Crippen LogP) is 3.88. The van der Waals surface area contributed by atoms with Crippen LogP contribution in [-0.4, -0.2) is 16.0 Å². The first-order chi connectivity index (χ1) is 11.1. The molecule has 0 spiro atoms. The number of hydrogen-bond donors (Lipinski definition) is 1. The fourth-order valence-corrected chi connectivity index (χ4v) is 2.31. The van der Waals surface area contributed by atoms with Crippen LogP contribution in [-0.2, 0) is 0 Å². The van der Waals surface area contributed by atoms with Crippen LogP contribution in [0.5, 0.6) is 0 Å². The summed E-state index contributed by atoms with van der Waals surface area (Å²) in [5.74, 6) is 0.520. The van der Waals surface area contributed by atoms with E-state index < -0.39 is 6.04 Å². The summed E-state index contributed by atoms with van der Waals surface area (Å²) in [6.07, 6.45) is 0. The second kappa shape index (κ2) is 6.62. The van der Waals surface area contributed by atoms with Crippen molar-refractivity contribution in [1.82, 2.24) is 15.5 Å². The lowest BCUT2D eigenvalue weighted by molar-refractivity contribution is 0.0932. The van der Waals surface area contributed by atoms with Crippen molar-refractivity contribution < 1.29 is 9.32 Å². The molecule has 0 unspecified atom stereocenters. The zero-order valence-corrected chi connectivity index (χ0v) is 13.1. The standard InChI is InChI=1S/C17H14ClN3O2/c1-11(19-16(22)12-7-3-2-4-8-12)17-20-15(21-23-17)13-9-5-6-10-14(13)18/h2-11H,1H3,(H,19,22)/t11-/m1/s1. The Hall–Kier alpha value is -2.66. The van der Waals surface area contributed by atoms with E-state index in [1.807, 2.05) is 36.4 Å². The lowest BCUT2D eigenvalue weighted by Gasteiger charge is -2.09. The molecule has 116 valence electrons. The van der Waals surface area contributed by atoms with Gasteiger partial charge in [-0.25, -0.2) is 0 Å².